The van der Waals surface area contributed by atoms with E-state index in [9.17, 15) is 9.59 Å². The van der Waals surface area contributed by atoms with Gasteiger partial charge in [0.1, 0.15) is 0 Å². The Hall–Kier alpha value is -3.61. The smallest absolute Gasteiger partial charge is 0.251 e. The minimum absolute atomic E-state index is 0.0145. The first kappa shape index (κ1) is 21.9. The molecule has 3 aromatic rings. The van der Waals surface area contributed by atoms with Crippen LogP contribution >= 0.6 is 0 Å². The van der Waals surface area contributed by atoms with Crippen molar-refractivity contribution < 1.29 is 9.59 Å². The van der Waals surface area contributed by atoms with E-state index in [0.717, 1.165) is 50.0 Å². The van der Waals surface area contributed by atoms with Crippen molar-refractivity contribution in [3.63, 3.8) is 0 Å². The third-order valence-electron chi connectivity index (χ3n) is 8.04. The number of fused-ring (bicyclic) bond motifs is 3. The minimum atomic E-state index is -0.192. The number of imidazole rings is 1. The summed E-state index contributed by atoms with van der Waals surface area (Å²) in [4.78, 5) is 36.7. The summed E-state index contributed by atoms with van der Waals surface area (Å²) in [6.45, 7) is 0.727. The average Bonchev–Trinajstić information content (AvgIpc) is 3.60. The van der Waals surface area contributed by atoms with Crippen LogP contribution in [0.2, 0.25) is 0 Å². The van der Waals surface area contributed by atoms with Gasteiger partial charge in [0.05, 0.1) is 36.2 Å². The fourth-order valence-corrected chi connectivity index (χ4v) is 6.37. The molecule has 2 fully saturated rings. The molecule has 3 N–H and O–H groups in total. The van der Waals surface area contributed by atoms with Gasteiger partial charge in [-0.3, -0.25) is 9.59 Å². The van der Waals surface area contributed by atoms with Gasteiger partial charge in [-0.2, -0.15) is 0 Å². The van der Waals surface area contributed by atoms with Crippen molar-refractivity contribution >= 4 is 17.5 Å². The van der Waals surface area contributed by atoms with Gasteiger partial charge >= 0.3 is 0 Å². The number of aromatic amines is 1. The van der Waals surface area contributed by atoms with Crippen LogP contribution < -0.4 is 10.6 Å². The standard InChI is InChI=1S/C28H31N5O2/c34-27(18-8-2-1-3-9-18)32-23-13-7-5-11-20(23)28(35)33-15-14-21-25(24-16-29-17-30-24)31-22-12-6-4-10-19(22)26(21)33/h1-4,6,8-10,12,16-17,20-21,23,25-26,31H,5,7,11,13-15H2,(H,29,30)(H,32,34)/t20-,21+,23+,25+,26-/m0/s1. The molecule has 0 bridgehead atoms. The number of rotatable bonds is 4. The lowest BCUT2D eigenvalue weighted by Crippen LogP contribution is -2.50. The molecular weight excluding hydrogens is 438 g/mol. The van der Waals surface area contributed by atoms with E-state index in [0.29, 0.717) is 5.56 Å². The van der Waals surface area contributed by atoms with E-state index in [1.807, 2.05) is 42.6 Å². The molecule has 7 nitrogen and oxygen atoms in total. The zero-order valence-electron chi connectivity index (χ0n) is 19.7. The molecule has 180 valence electrons. The average molecular weight is 470 g/mol. The Kier molecular flexibility index (Phi) is 5.76. The zero-order chi connectivity index (χ0) is 23.8. The number of benzene rings is 2. The van der Waals surface area contributed by atoms with Gasteiger partial charge in [0.25, 0.3) is 5.91 Å². The summed E-state index contributed by atoms with van der Waals surface area (Å²) < 4.78 is 0. The molecule has 7 heteroatoms. The maximum atomic E-state index is 14.1. The van der Waals surface area contributed by atoms with Crippen LogP contribution in [0, 0.1) is 11.8 Å². The van der Waals surface area contributed by atoms with Crippen LogP contribution in [0.15, 0.2) is 67.1 Å². The van der Waals surface area contributed by atoms with Crippen molar-refractivity contribution in [3.05, 3.63) is 83.9 Å². The van der Waals surface area contributed by atoms with Crippen LogP contribution in [0.1, 0.15) is 65.8 Å². The second-order valence-corrected chi connectivity index (χ2v) is 9.98. The number of carbonyl (C=O) groups is 2. The number of amides is 2. The Morgan fingerprint density at radius 1 is 0.971 bits per heavy atom. The van der Waals surface area contributed by atoms with E-state index in [1.54, 1.807) is 6.33 Å². The third kappa shape index (κ3) is 3.99. The van der Waals surface area contributed by atoms with Gasteiger partial charge in [-0.25, -0.2) is 4.98 Å². The zero-order valence-corrected chi connectivity index (χ0v) is 19.7. The summed E-state index contributed by atoms with van der Waals surface area (Å²) in [6, 6.07) is 17.6. The van der Waals surface area contributed by atoms with Crippen LogP contribution in [-0.4, -0.2) is 39.3 Å². The SMILES string of the molecule is O=C(N[C@@H]1CCCC[C@@H]1C(=O)N1CC[C@@H]2[C@H](c3cnc[nH]3)Nc3ccccc3[C@@H]21)c1ccccc1. The molecule has 1 saturated heterocycles. The number of carbonyl (C=O) groups excluding carboxylic acids is 2. The fourth-order valence-electron chi connectivity index (χ4n) is 6.37. The highest BCUT2D eigenvalue weighted by Gasteiger charge is 2.48. The number of nitrogens with zero attached hydrogens (tertiary/aromatic N) is 2. The molecule has 5 atom stereocenters. The van der Waals surface area contributed by atoms with Crippen molar-refractivity contribution in [2.45, 2.75) is 50.2 Å². The number of hydrogen-bond acceptors (Lipinski definition) is 4. The molecule has 0 unspecified atom stereocenters. The van der Waals surface area contributed by atoms with Crippen LogP contribution in [-0.2, 0) is 4.79 Å². The quantitative estimate of drug-likeness (QED) is 0.526. The lowest BCUT2D eigenvalue weighted by atomic mass is 9.80. The Balaban J connectivity index is 1.27. The number of aromatic nitrogens is 2. The number of nitrogens with one attached hydrogen (secondary N) is 3. The molecule has 2 amide bonds. The van der Waals surface area contributed by atoms with Crippen LogP contribution in [0.4, 0.5) is 5.69 Å². The normalized spacial score (nSPS) is 27.4. The highest BCUT2D eigenvalue weighted by atomic mass is 16.2. The maximum absolute atomic E-state index is 14.1. The van der Waals surface area contributed by atoms with Gasteiger partial charge < -0.3 is 20.5 Å². The van der Waals surface area contributed by atoms with Gasteiger partial charge in [-0.1, -0.05) is 49.2 Å². The van der Waals surface area contributed by atoms with Gasteiger partial charge in [0.2, 0.25) is 5.91 Å². The van der Waals surface area contributed by atoms with Crippen molar-refractivity contribution in [2.75, 3.05) is 11.9 Å². The summed E-state index contributed by atoms with van der Waals surface area (Å²) in [6.07, 6.45) is 8.22. The summed E-state index contributed by atoms with van der Waals surface area (Å²) >= 11 is 0. The molecule has 6 rings (SSSR count). The number of hydrogen-bond donors (Lipinski definition) is 3. The minimum Gasteiger partial charge on any atom is -0.376 e. The second-order valence-electron chi connectivity index (χ2n) is 9.98. The molecule has 2 aliphatic heterocycles. The number of anilines is 1. The van der Waals surface area contributed by atoms with Gasteiger partial charge in [-0.15, -0.1) is 0 Å². The predicted octanol–water partition coefficient (Wildman–Crippen LogP) is 4.45. The number of H-pyrrole nitrogens is 1. The molecule has 1 aliphatic carbocycles. The molecule has 2 aromatic carbocycles. The van der Waals surface area contributed by atoms with Crippen molar-refractivity contribution in [3.8, 4) is 0 Å². The Bertz CT molecular complexity index is 1200. The molecule has 3 heterocycles. The summed E-state index contributed by atoms with van der Waals surface area (Å²) in [5.74, 6) is 0.148. The molecular formula is C28H31N5O2. The van der Waals surface area contributed by atoms with Crippen LogP contribution in [0.3, 0.4) is 0 Å². The largest absolute Gasteiger partial charge is 0.376 e. The van der Waals surface area contributed by atoms with Crippen molar-refractivity contribution in [1.29, 1.82) is 0 Å². The monoisotopic (exact) mass is 469 g/mol. The summed E-state index contributed by atoms with van der Waals surface area (Å²) in [5, 5.41) is 6.90. The second kappa shape index (κ2) is 9.21. The van der Waals surface area contributed by atoms with E-state index in [2.05, 4.69) is 43.7 Å². The number of likely N-dealkylation sites (tertiary alicyclic amines) is 1. The molecule has 1 saturated carbocycles. The van der Waals surface area contributed by atoms with Crippen molar-refractivity contribution in [1.82, 2.24) is 20.2 Å². The Morgan fingerprint density at radius 3 is 2.60 bits per heavy atom. The van der Waals surface area contributed by atoms with Crippen LogP contribution in [0.25, 0.3) is 0 Å². The van der Waals surface area contributed by atoms with E-state index < -0.39 is 0 Å². The first-order valence-corrected chi connectivity index (χ1v) is 12.7. The molecule has 3 aliphatic rings. The third-order valence-corrected chi connectivity index (χ3v) is 8.04. The lowest BCUT2D eigenvalue weighted by Gasteiger charge is -2.41. The first-order chi connectivity index (χ1) is 17.2. The van der Waals surface area contributed by atoms with Gasteiger partial charge in [-0.05, 0) is 43.0 Å². The van der Waals surface area contributed by atoms with Crippen molar-refractivity contribution in [2.24, 2.45) is 11.8 Å². The molecule has 0 radical (unpaired) electrons. The fraction of sp³-hybridized carbons (Fsp3) is 0.393. The Morgan fingerprint density at radius 2 is 1.77 bits per heavy atom. The van der Waals surface area contributed by atoms with Gasteiger partial charge in [0.15, 0.2) is 0 Å². The van der Waals surface area contributed by atoms with E-state index in [4.69, 9.17) is 0 Å². The Labute approximate surface area is 205 Å². The van der Waals surface area contributed by atoms with Gasteiger partial charge in [0, 0.05) is 29.8 Å². The van der Waals surface area contributed by atoms with E-state index in [-0.39, 0.29) is 41.8 Å². The first-order valence-electron chi connectivity index (χ1n) is 12.7. The van der Waals surface area contributed by atoms with E-state index in [1.165, 1.54) is 5.56 Å². The lowest BCUT2D eigenvalue weighted by molar-refractivity contribution is -0.138. The molecule has 1 aromatic heterocycles. The summed E-state index contributed by atoms with van der Waals surface area (Å²) in [7, 11) is 0. The summed E-state index contributed by atoms with van der Waals surface area (Å²) in [5.41, 5.74) is 3.94. The van der Waals surface area contributed by atoms with Crippen LogP contribution in [0.5, 0.6) is 0 Å². The number of para-hydroxylation sites is 1. The molecule has 0 spiro atoms. The predicted molar refractivity (Wildman–Crippen MR) is 134 cm³/mol. The van der Waals surface area contributed by atoms with E-state index >= 15 is 0 Å². The highest BCUT2D eigenvalue weighted by Crippen LogP contribution is 2.51. The molecule has 35 heavy (non-hydrogen) atoms. The topological polar surface area (TPSA) is 90.1 Å². The highest BCUT2D eigenvalue weighted by molar-refractivity contribution is 5.94. The maximum Gasteiger partial charge on any atom is 0.251 e.